The van der Waals surface area contributed by atoms with Crippen LogP contribution in [0.4, 0.5) is 5.69 Å². The topological polar surface area (TPSA) is 52.9 Å². The summed E-state index contributed by atoms with van der Waals surface area (Å²) in [4.78, 5) is 12.7. The Morgan fingerprint density at radius 2 is 1.90 bits per heavy atom. The highest BCUT2D eigenvalue weighted by atomic mass is 79.9. The molecule has 3 fully saturated rings. The summed E-state index contributed by atoms with van der Waals surface area (Å²) in [6.07, 6.45) is 4.72. The number of nitrogens with zero attached hydrogens (tertiary/aromatic N) is 1. The molecule has 0 heterocycles. The van der Waals surface area contributed by atoms with E-state index in [0.717, 1.165) is 23.0 Å². The van der Waals surface area contributed by atoms with Gasteiger partial charge >= 0.3 is 0 Å². The monoisotopic (exact) mass is 344 g/mol. The van der Waals surface area contributed by atoms with Gasteiger partial charge in [-0.1, -0.05) is 15.9 Å². The van der Waals surface area contributed by atoms with Gasteiger partial charge in [-0.05, 0) is 67.2 Å². The number of nitriles is 1. The van der Waals surface area contributed by atoms with E-state index in [9.17, 15) is 10.1 Å². The van der Waals surface area contributed by atoms with Crippen molar-refractivity contribution < 1.29 is 4.79 Å². The van der Waals surface area contributed by atoms with E-state index in [0.29, 0.717) is 17.3 Å². The Labute approximate surface area is 132 Å². The van der Waals surface area contributed by atoms with Gasteiger partial charge in [0.25, 0.3) is 0 Å². The van der Waals surface area contributed by atoms with E-state index in [2.05, 4.69) is 27.3 Å². The molecule has 4 heteroatoms. The highest BCUT2D eigenvalue weighted by Gasteiger charge is 2.70. The molecule has 0 aromatic heterocycles. The number of hydrogen-bond acceptors (Lipinski definition) is 2. The van der Waals surface area contributed by atoms with Crippen LogP contribution in [0.15, 0.2) is 28.7 Å². The van der Waals surface area contributed by atoms with Gasteiger partial charge in [0.05, 0.1) is 17.9 Å². The standard InChI is InChI=1S/C17H17BrN2O/c18-10-1-3-11(4-2-10)20-16(21)15-12(9-19)13-5-6-14(15)17(13)7-8-17/h1-4,12-15H,5-8H2,(H,20,21). The molecule has 3 saturated carbocycles. The molecular weight excluding hydrogens is 328 g/mol. The normalized spacial score (nSPS) is 34.7. The molecule has 0 saturated heterocycles. The van der Waals surface area contributed by atoms with E-state index in [1.807, 2.05) is 24.3 Å². The number of anilines is 1. The first-order valence-electron chi connectivity index (χ1n) is 7.62. The maximum absolute atomic E-state index is 12.7. The van der Waals surface area contributed by atoms with Gasteiger partial charge in [-0.3, -0.25) is 4.79 Å². The molecule has 1 amide bonds. The van der Waals surface area contributed by atoms with Crippen molar-refractivity contribution in [3.05, 3.63) is 28.7 Å². The lowest BCUT2D eigenvalue weighted by Crippen LogP contribution is -2.33. The van der Waals surface area contributed by atoms with E-state index < -0.39 is 0 Å². The molecule has 1 aromatic carbocycles. The summed E-state index contributed by atoms with van der Waals surface area (Å²) < 4.78 is 0.993. The molecule has 21 heavy (non-hydrogen) atoms. The summed E-state index contributed by atoms with van der Waals surface area (Å²) in [5, 5.41) is 12.5. The first-order chi connectivity index (χ1) is 10.2. The van der Waals surface area contributed by atoms with Gasteiger partial charge in [-0.15, -0.1) is 0 Å². The van der Waals surface area contributed by atoms with E-state index in [1.165, 1.54) is 12.8 Å². The van der Waals surface area contributed by atoms with Crippen LogP contribution in [0.2, 0.25) is 0 Å². The number of carbonyl (C=O) groups excluding carboxylic acids is 1. The van der Waals surface area contributed by atoms with Crippen LogP contribution >= 0.6 is 15.9 Å². The molecular formula is C17H17BrN2O. The predicted octanol–water partition coefficient (Wildman–Crippen LogP) is 3.96. The average molecular weight is 345 g/mol. The largest absolute Gasteiger partial charge is 0.326 e. The third-order valence-corrected chi connectivity index (χ3v) is 6.44. The van der Waals surface area contributed by atoms with Crippen molar-refractivity contribution in [1.29, 1.82) is 5.26 Å². The van der Waals surface area contributed by atoms with Crippen molar-refractivity contribution in [2.75, 3.05) is 5.32 Å². The minimum atomic E-state index is -0.111. The van der Waals surface area contributed by atoms with E-state index in [1.54, 1.807) is 0 Å². The second-order valence-electron chi connectivity index (χ2n) is 6.70. The molecule has 0 radical (unpaired) electrons. The summed E-state index contributed by atoms with van der Waals surface area (Å²) in [7, 11) is 0. The zero-order valence-corrected chi connectivity index (χ0v) is 13.3. The van der Waals surface area contributed by atoms with Gasteiger partial charge in [0.1, 0.15) is 0 Å². The Balaban J connectivity index is 1.57. The fraction of sp³-hybridized carbons (Fsp3) is 0.529. The number of halogens is 1. The quantitative estimate of drug-likeness (QED) is 0.882. The second kappa shape index (κ2) is 4.58. The Kier molecular flexibility index (Phi) is 2.91. The molecule has 3 aliphatic rings. The number of hydrogen-bond donors (Lipinski definition) is 1. The van der Waals surface area contributed by atoms with Gasteiger partial charge in [-0.25, -0.2) is 0 Å². The molecule has 108 valence electrons. The zero-order valence-electron chi connectivity index (χ0n) is 11.7. The average Bonchev–Trinajstić information content (AvgIpc) is 3.15. The first-order valence-corrected chi connectivity index (χ1v) is 8.41. The Hall–Kier alpha value is -1.34. The third kappa shape index (κ3) is 1.87. The highest BCUT2D eigenvalue weighted by Crippen LogP contribution is 2.74. The number of benzene rings is 1. The fourth-order valence-corrected chi connectivity index (χ4v) is 5.21. The van der Waals surface area contributed by atoms with Crippen molar-refractivity contribution in [3.63, 3.8) is 0 Å². The summed E-state index contributed by atoms with van der Waals surface area (Å²) in [5.74, 6) is 0.750. The predicted molar refractivity (Wildman–Crippen MR) is 83.2 cm³/mol. The maximum atomic E-state index is 12.7. The van der Waals surface area contributed by atoms with Gasteiger partial charge in [0.2, 0.25) is 5.91 Å². The van der Waals surface area contributed by atoms with Crippen molar-refractivity contribution >= 4 is 27.5 Å². The molecule has 4 rings (SSSR count). The Morgan fingerprint density at radius 1 is 1.24 bits per heavy atom. The fourth-order valence-electron chi connectivity index (χ4n) is 4.94. The lowest BCUT2D eigenvalue weighted by Gasteiger charge is -2.25. The Bertz CT molecular complexity index is 629. The zero-order chi connectivity index (χ0) is 14.6. The van der Waals surface area contributed by atoms with E-state index >= 15 is 0 Å². The van der Waals surface area contributed by atoms with Crippen molar-refractivity contribution in [1.82, 2.24) is 0 Å². The number of amides is 1. The smallest absolute Gasteiger partial charge is 0.229 e. The van der Waals surface area contributed by atoms with Crippen LogP contribution in [0.1, 0.15) is 25.7 Å². The molecule has 4 atom stereocenters. The van der Waals surface area contributed by atoms with Gasteiger partial charge < -0.3 is 5.32 Å². The lowest BCUT2D eigenvalue weighted by molar-refractivity contribution is -0.122. The van der Waals surface area contributed by atoms with Crippen LogP contribution in [-0.4, -0.2) is 5.91 Å². The van der Waals surface area contributed by atoms with Crippen LogP contribution in [0.25, 0.3) is 0 Å². The highest BCUT2D eigenvalue weighted by molar-refractivity contribution is 9.10. The van der Waals surface area contributed by atoms with Gasteiger partial charge in [0.15, 0.2) is 0 Å². The number of nitrogens with one attached hydrogen (secondary N) is 1. The molecule has 1 N–H and O–H groups in total. The molecule has 1 aromatic rings. The van der Waals surface area contributed by atoms with Crippen molar-refractivity contribution in [2.45, 2.75) is 25.7 Å². The van der Waals surface area contributed by atoms with Crippen molar-refractivity contribution in [2.24, 2.45) is 29.1 Å². The van der Waals surface area contributed by atoms with Crippen LogP contribution in [0, 0.1) is 40.4 Å². The van der Waals surface area contributed by atoms with Gasteiger partial charge in [-0.2, -0.15) is 5.26 Å². The molecule has 3 nitrogen and oxygen atoms in total. The van der Waals surface area contributed by atoms with Gasteiger partial charge in [0, 0.05) is 10.2 Å². The maximum Gasteiger partial charge on any atom is 0.229 e. The van der Waals surface area contributed by atoms with Crippen LogP contribution in [0.5, 0.6) is 0 Å². The molecule has 1 spiro atoms. The third-order valence-electron chi connectivity index (χ3n) is 5.91. The molecule has 3 aliphatic carbocycles. The molecule has 2 bridgehead atoms. The molecule has 4 unspecified atom stereocenters. The summed E-state index contributed by atoms with van der Waals surface area (Å²) >= 11 is 3.39. The number of rotatable bonds is 2. The Morgan fingerprint density at radius 3 is 2.52 bits per heavy atom. The lowest BCUT2D eigenvalue weighted by atomic mass is 9.79. The SMILES string of the molecule is N#CC1C(C(=O)Nc2ccc(Br)cc2)C2CCC1C21CC1. The van der Waals surface area contributed by atoms with Crippen molar-refractivity contribution in [3.8, 4) is 6.07 Å². The molecule has 0 aliphatic heterocycles. The summed E-state index contributed by atoms with van der Waals surface area (Å²) in [6, 6.07) is 10.1. The van der Waals surface area contributed by atoms with Crippen LogP contribution in [-0.2, 0) is 4.79 Å². The minimum Gasteiger partial charge on any atom is -0.326 e. The first kappa shape index (κ1) is 13.3. The number of carbonyl (C=O) groups is 1. The minimum absolute atomic E-state index is 0.0438. The van der Waals surface area contributed by atoms with Crippen LogP contribution in [0.3, 0.4) is 0 Å². The van der Waals surface area contributed by atoms with E-state index in [-0.39, 0.29) is 17.7 Å². The van der Waals surface area contributed by atoms with E-state index in [4.69, 9.17) is 0 Å². The second-order valence-corrected chi connectivity index (χ2v) is 7.62. The van der Waals surface area contributed by atoms with Crippen LogP contribution < -0.4 is 5.32 Å². The summed E-state index contributed by atoms with van der Waals surface area (Å²) in [6.45, 7) is 0. The summed E-state index contributed by atoms with van der Waals surface area (Å²) in [5.41, 5.74) is 1.16.